The number of benzene rings is 1. The first-order chi connectivity index (χ1) is 8.01. The van der Waals surface area contributed by atoms with E-state index < -0.39 is 12.7 Å². The molecule has 1 rings (SSSR count). The Labute approximate surface area is 98.8 Å². The van der Waals surface area contributed by atoms with Gasteiger partial charge < -0.3 is 10.1 Å². The van der Waals surface area contributed by atoms with E-state index in [4.69, 9.17) is 4.74 Å². The van der Waals surface area contributed by atoms with Gasteiger partial charge in [-0.15, -0.1) is 0 Å². The van der Waals surface area contributed by atoms with Crippen LogP contribution in [-0.4, -0.2) is 25.9 Å². The molecule has 1 N–H and O–H groups in total. The van der Waals surface area contributed by atoms with E-state index in [2.05, 4.69) is 12.2 Å². The summed E-state index contributed by atoms with van der Waals surface area (Å²) in [6, 6.07) is 7.53. The Balaban J connectivity index is 2.18. The first kappa shape index (κ1) is 13.8. The number of hydrogen-bond donors (Lipinski definition) is 1. The molecule has 0 saturated heterocycles. The van der Waals surface area contributed by atoms with Gasteiger partial charge in [0, 0.05) is 6.54 Å². The molecule has 0 spiro atoms. The zero-order valence-corrected chi connectivity index (χ0v) is 9.68. The Hall–Kier alpha value is -1.23. The zero-order valence-electron chi connectivity index (χ0n) is 9.68. The molecule has 0 aromatic heterocycles. The maximum atomic E-state index is 11.8. The van der Waals surface area contributed by atoms with Gasteiger partial charge >= 0.3 is 6.18 Å². The molecule has 0 atom stereocenters. The van der Waals surface area contributed by atoms with Crippen LogP contribution in [0.25, 0.3) is 0 Å². The second kappa shape index (κ2) is 6.49. The number of halogens is 3. The van der Waals surface area contributed by atoms with Gasteiger partial charge in [0.1, 0.15) is 12.4 Å². The van der Waals surface area contributed by atoms with E-state index in [9.17, 15) is 13.2 Å². The van der Waals surface area contributed by atoms with E-state index in [1.807, 2.05) is 24.3 Å². The number of aryl methyl sites for hydroxylation is 1. The van der Waals surface area contributed by atoms with Crippen LogP contribution in [0, 0.1) is 0 Å². The van der Waals surface area contributed by atoms with Gasteiger partial charge in [0.05, 0.1) is 6.54 Å². The molecule has 0 aliphatic heterocycles. The lowest BCUT2D eigenvalue weighted by Crippen LogP contribution is -2.31. The summed E-state index contributed by atoms with van der Waals surface area (Å²) in [4.78, 5) is 0. The normalized spacial score (nSPS) is 11.5. The maximum Gasteiger partial charge on any atom is 0.401 e. The van der Waals surface area contributed by atoms with Crippen molar-refractivity contribution in [2.75, 3.05) is 19.7 Å². The molecule has 0 aliphatic rings. The molecular weight excluding hydrogens is 231 g/mol. The number of rotatable bonds is 6. The molecule has 0 heterocycles. The summed E-state index contributed by atoms with van der Waals surface area (Å²) in [7, 11) is 0. The second-order valence-electron chi connectivity index (χ2n) is 3.64. The van der Waals surface area contributed by atoms with Crippen molar-refractivity contribution < 1.29 is 17.9 Å². The SMILES string of the molecule is CCc1ccc(OCCNCC(F)(F)F)cc1. The summed E-state index contributed by atoms with van der Waals surface area (Å²) in [5.74, 6) is 0.677. The molecule has 0 bridgehead atoms. The predicted molar refractivity (Wildman–Crippen MR) is 60.2 cm³/mol. The van der Waals surface area contributed by atoms with E-state index >= 15 is 0 Å². The average Bonchev–Trinajstić information content (AvgIpc) is 2.28. The number of hydrogen-bond acceptors (Lipinski definition) is 2. The standard InChI is InChI=1S/C12H16F3NO/c1-2-10-3-5-11(6-4-10)17-8-7-16-9-12(13,14)15/h3-6,16H,2,7-9H2,1H3. The Morgan fingerprint density at radius 2 is 1.82 bits per heavy atom. The van der Waals surface area contributed by atoms with Crippen LogP contribution in [0.5, 0.6) is 5.75 Å². The van der Waals surface area contributed by atoms with Crippen LogP contribution in [0.4, 0.5) is 13.2 Å². The lowest BCUT2D eigenvalue weighted by molar-refractivity contribution is -0.124. The highest BCUT2D eigenvalue weighted by atomic mass is 19.4. The smallest absolute Gasteiger partial charge is 0.401 e. The van der Waals surface area contributed by atoms with E-state index in [1.165, 1.54) is 5.56 Å². The van der Waals surface area contributed by atoms with Crippen molar-refractivity contribution >= 4 is 0 Å². The van der Waals surface area contributed by atoms with Crippen molar-refractivity contribution in [3.63, 3.8) is 0 Å². The molecular formula is C12H16F3NO. The molecule has 0 aliphatic carbocycles. The molecule has 0 unspecified atom stereocenters. The van der Waals surface area contributed by atoms with Crippen molar-refractivity contribution in [3.05, 3.63) is 29.8 Å². The Kier molecular flexibility index (Phi) is 5.28. The van der Waals surface area contributed by atoms with Crippen molar-refractivity contribution in [1.82, 2.24) is 5.32 Å². The third-order valence-corrected chi connectivity index (χ3v) is 2.20. The van der Waals surface area contributed by atoms with Gasteiger partial charge in [-0.3, -0.25) is 0 Å². The van der Waals surface area contributed by atoms with Gasteiger partial charge in [-0.2, -0.15) is 13.2 Å². The first-order valence-corrected chi connectivity index (χ1v) is 5.50. The van der Waals surface area contributed by atoms with Gasteiger partial charge in [-0.1, -0.05) is 19.1 Å². The molecule has 0 amide bonds. The summed E-state index contributed by atoms with van der Waals surface area (Å²) in [6.45, 7) is 1.47. The fourth-order valence-electron chi connectivity index (χ4n) is 1.29. The average molecular weight is 247 g/mol. The topological polar surface area (TPSA) is 21.3 Å². The second-order valence-corrected chi connectivity index (χ2v) is 3.64. The van der Waals surface area contributed by atoms with Crippen LogP contribution >= 0.6 is 0 Å². The minimum atomic E-state index is -4.16. The first-order valence-electron chi connectivity index (χ1n) is 5.50. The highest BCUT2D eigenvalue weighted by Gasteiger charge is 2.25. The lowest BCUT2D eigenvalue weighted by Gasteiger charge is -2.09. The third-order valence-electron chi connectivity index (χ3n) is 2.20. The molecule has 0 saturated carbocycles. The lowest BCUT2D eigenvalue weighted by atomic mass is 10.2. The van der Waals surface area contributed by atoms with E-state index in [1.54, 1.807) is 0 Å². The van der Waals surface area contributed by atoms with Crippen molar-refractivity contribution in [2.45, 2.75) is 19.5 Å². The van der Waals surface area contributed by atoms with Crippen LogP contribution in [0.15, 0.2) is 24.3 Å². The molecule has 96 valence electrons. The summed E-state index contributed by atoms with van der Waals surface area (Å²) in [6.07, 6.45) is -3.21. The monoisotopic (exact) mass is 247 g/mol. The number of nitrogens with one attached hydrogen (secondary N) is 1. The van der Waals surface area contributed by atoms with Crippen molar-refractivity contribution in [2.24, 2.45) is 0 Å². The molecule has 1 aromatic rings. The molecule has 5 heteroatoms. The van der Waals surface area contributed by atoms with E-state index in [0.717, 1.165) is 6.42 Å². The van der Waals surface area contributed by atoms with Gasteiger partial charge in [-0.25, -0.2) is 0 Å². The van der Waals surface area contributed by atoms with Crippen LogP contribution in [0.3, 0.4) is 0 Å². The van der Waals surface area contributed by atoms with E-state index in [0.29, 0.717) is 5.75 Å². The molecule has 1 aromatic carbocycles. The number of ether oxygens (including phenoxy) is 1. The molecule has 17 heavy (non-hydrogen) atoms. The van der Waals surface area contributed by atoms with Crippen LogP contribution in [0.1, 0.15) is 12.5 Å². The van der Waals surface area contributed by atoms with Gasteiger partial charge in [0.15, 0.2) is 0 Å². The van der Waals surface area contributed by atoms with Gasteiger partial charge in [0.25, 0.3) is 0 Å². The van der Waals surface area contributed by atoms with Gasteiger partial charge in [0.2, 0.25) is 0 Å². The highest BCUT2D eigenvalue weighted by Crippen LogP contribution is 2.13. The largest absolute Gasteiger partial charge is 0.492 e. The van der Waals surface area contributed by atoms with Gasteiger partial charge in [-0.05, 0) is 24.1 Å². The fourth-order valence-corrected chi connectivity index (χ4v) is 1.29. The van der Waals surface area contributed by atoms with Crippen LogP contribution in [0.2, 0.25) is 0 Å². The minimum absolute atomic E-state index is 0.176. The Morgan fingerprint density at radius 3 is 2.35 bits per heavy atom. The molecule has 0 fully saturated rings. The van der Waals surface area contributed by atoms with Crippen molar-refractivity contribution in [1.29, 1.82) is 0 Å². The summed E-state index contributed by atoms with van der Waals surface area (Å²) in [5, 5.41) is 2.27. The van der Waals surface area contributed by atoms with Crippen molar-refractivity contribution in [3.8, 4) is 5.75 Å². The number of alkyl halides is 3. The maximum absolute atomic E-state index is 11.8. The quantitative estimate of drug-likeness (QED) is 0.780. The Bertz CT molecular complexity index is 322. The molecule has 2 nitrogen and oxygen atoms in total. The minimum Gasteiger partial charge on any atom is -0.492 e. The van der Waals surface area contributed by atoms with E-state index in [-0.39, 0.29) is 13.2 Å². The molecule has 0 radical (unpaired) electrons. The highest BCUT2D eigenvalue weighted by molar-refractivity contribution is 5.27. The summed E-state index contributed by atoms with van der Waals surface area (Å²) in [5.41, 5.74) is 1.20. The summed E-state index contributed by atoms with van der Waals surface area (Å²) < 4.78 is 40.6. The predicted octanol–water partition coefficient (Wildman–Crippen LogP) is 2.78. The fraction of sp³-hybridized carbons (Fsp3) is 0.500. The Morgan fingerprint density at radius 1 is 1.18 bits per heavy atom. The zero-order chi connectivity index (χ0) is 12.7. The third kappa shape index (κ3) is 6.16. The summed E-state index contributed by atoms with van der Waals surface area (Å²) >= 11 is 0. The van der Waals surface area contributed by atoms with Crippen LogP contribution < -0.4 is 10.1 Å². The van der Waals surface area contributed by atoms with Crippen LogP contribution in [-0.2, 0) is 6.42 Å².